The largest absolute Gasteiger partial charge is 0.443 e. The number of rotatable bonds is 8. The van der Waals surface area contributed by atoms with E-state index >= 15 is 0 Å². The van der Waals surface area contributed by atoms with E-state index in [1.54, 1.807) is 76.2 Å². The first-order valence-corrected chi connectivity index (χ1v) is 20.1. The molecule has 58 heavy (non-hydrogen) atoms. The van der Waals surface area contributed by atoms with Gasteiger partial charge in [-0.3, -0.25) is 9.58 Å². The summed E-state index contributed by atoms with van der Waals surface area (Å²) in [4.78, 5) is 36.2. The van der Waals surface area contributed by atoms with Crippen LogP contribution in [0.3, 0.4) is 0 Å². The molecule has 7 rings (SSSR count). The van der Waals surface area contributed by atoms with E-state index in [-0.39, 0.29) is 23.1 Å². The van der Waals surface area contributed by atoms with Crippen molar-refractivity contribution in [3.63, 3.8) is 0 Å². The van der Waals surface area contributed by atoms with Gasteiger partial charge in [0.25, 0.3) is 0 Å². The fraction of sp³-hybridized carbons (Fsp3) is 0.436. The number of fused-ring (bicyclic) bond motifs is 2. The first-order valence-electron chi connectivity index (χ1n) is 18.4. The SMILES string of the molecule is C=C(N=NN(C)C1C(O)[C@H](c2nncn2-c2ccc3nc(C)sc3c2)OC2COC(c3ccccc3)O[C@@H]21)c1csc(N(C(=O)OC(C)(C)C)C(=O)OC(C)(C)C)n1. The average Bonchev–Trinajstić information content (AvgIpc) is 3.92. The molecule has 2 saturated heterocycles. The Hall–Kier alpha value is -5.18. The Balaban J connectivity index is 1.16. The van der Waals surface area contributed by atoms with Crippen LogP contribution >= 0.6 is 22.7 Å². The minimum atomic E-state index is -1.26. The highest BCUT2D eigenvalue weighted by atomic mass is 32.1. The minimum absolute atomic E-state index is 0.00923. The van der Waals surface area contributed by atoms with Crippen LogP contribution in [0, 0.1) is 6.92 Å². The van der Waals surface area contributed by atoms with Gasteiger partial charge in [-0.2, -0.15) is 4.90 Å². The van der Waals surface area contributed by atoms with Crippen molar-refractivity contribution in [3.8, 4) is 5.69 Å². The Bertz CT molecular complexity index is 2290. The van der Waals surface area contributed by atoms with Crippen LogP contribution in [0.2, 0.25) is 0 Å². The summed E-state index contributed by atoms with van der Waals surface area (Å²) in [5.74, 6) is 0.367. The number of thiazole rings is 2. The Morgan fingerprint density at radius 3 is 2.41 bits per heavy atom. The molecule has 2 amide bonds. The number of hydrogen-bond acceptors (Lipinski definition) is 16. The van der Waals surface area contributed by atoms with E-state index in [9.17, 15) is 14.7 Å². The lowest BCUT2D eigenvalue weighted by Crippen LogP contribution is -2.63. The van der Waals surface area contributed by atoms with Crippen molar-refractivity contribution in [2.75, 3.05) is 18.6 Å². The van der Waals surface area contributed by atoms with Crippen molar-refractivity contribution < 1.29 is 38.4 Å². The maximum atomic E-state index is 13.2. The fourth-order valence-corrected chi connectivity index (χ4v) is 8.11. The Morgan fingerprint density at radius 2 is 1.72 bits per heavy atom. The second kappa shape index (κ2) is 16.2. The number of carbonyl (C=O) groups excluding carboxylic acids is 2. The van der Waals surface area contributed by atoms with Crippen molar-refractivity contribution in [1.29, 1.82) is 0 Å². The molecule has 6 atom stereocenters. The minimum Gasteiger partial charge on any atom is -0.443 e. The lowest BCUT2D eigenvalue weighted by Gasteiger charge is -2.49. The van der Waals surface area contributed by atoms with Crippen molar-refractivity contribution in [2.45, 2.75) is 96.4 Å². The number of ether oxygens (including phenoxy) is 5. The molecule has 5 aromatic rings. The zero-order valence-corrected chi connectivity index (χ0v) is 34.9. The van der Waals surface area contributed by atoms with E-state index in [4.69, 9.17) is 23.7 Å². The van der Waals surface area contributed by atoms with E-state index in [1.165, 1.54) is 5.01 Å². The number of aromatic nitrogens is 5. The smallest absolute Gasteiger partial charge is 0.426 e. The number of likely N-dealkylation sites (N-methyl/N-ethyl adjacent to an activating group) is 1. The van der Waals surface area contributed by atoms with Gasteiger partial charge in [0.2, 0.25) is 5.13 Å². The van der Waals surface area contributed by atoms with Gasteiger partial charge >= 0.3 is 12.2 Å². The molecule has 0 saturated carbocycles. The van der Waals surface area contributed by atoms with Gasteiger partial charge in [0.05, 0.1) is 21.8 Å². The van der Waals surface area contributed by atoms with Gasteiger partial charge in [-0.05, 0) is 66.7 Å². The molecular formula is C39H45N9O8S2. The highest BCUT2D eigenvalue weighted by molar-refractivity contribution is 7.18. The third kappa shape index (κ3) is 8.93. The van der Waals surface area contributed by atoms with E-state index in [1.807, 2.05) is 55.5 Å². The number of aliphatic hydroxyl groups excluding tert-OH is 1. The Labute approximate surface area is 342 Å². The summed E-state index contributed by atoms with van der Waals surface area (Å²) in [6, 6.07) is 14.5. The highest BCUT2D eigenvalue weighted by Gasteiger charge is 2.53. The van der Waals surface area contributed by atoms with Crippen molar-refractivity contribution >= 4 is 55.9 Å². The predicted molar refractivity (Wildman–Crippen MR) is 215 cm³/mol. The summed E-state index contributed by atoms with van der Waals surface area (Å²) < 4.78 is 33.0. The number of amides is 2. The predicted octanol–water partition coefficient (Wildman–Crippen LogP) is 7.57. The molecule has 1 N–H and O–H groups in total. The Morgan fingerprint density at radius 1 is 1.02 bits per heavy atom. The first kappa shape index (κ1) is 41.0. The first-order chi connectivity index (χ1) is 27.5. The highest BCUT2D eigenvalue weighted by Crippen LogP contribution is 2.41. The molecule has 17 nitrogen and oxygen atoms in total. The summed E-state index contributed by atoms with van der Waals surface area (Å²) in [5.41, 5.74) is 1.02. The lowest BCUT2D eigenvalue weighted by atomic mass is 9.90. The number of benzene rings is 2. The number of nitrogens with zero attached hydrogens (tertiary/aromatic N) is 9. The van der Waals surface area contributed by atoms with E-state index in [0.717, 1.165) is 42.7 Å². The monoisotopic (exact) mass is 831 g/mol. The maximum Gasteiger partial charge on any atom is 0.426 e. The summed E-state index contributed by atoms with van der Waals surface area (Å²) in [7, 11) is 1.66. The number of imide groups is 1. The van der Waals surface area contributed by atoms with Gasteiger partial charge in [0.15, 0.2) is 12.1 Å². The van der Waals surface area contributed by atoms with Gasteiger partial charge in [-0.1, -0.05) is 42.1 Å². The Kier molecular flexibility index (Phi) is 11.5. The number of aliphatic hydroxyl groups is 1. The summed E-state index contributed by atoms with van der Waals surface area (Å²) >= 11 is 2.57. The number of aryl methyl sites for hydroxylation is 1. The molecule has 2 aliphatic rings. The lowest BCUT2D eigenvalue weighted by molar-refractivity contribution is -0.321. The summed E-state index contributed by atoms with van der Waals surface area (Å²) in [6.07, 6.45) is -4.69. The molecule has 0 spiro atoms. The number of carbonyl (C=O) groups is 2. The zero-order chi connectivity index (χ0) is 41.5. The molecular weight excluding hydrogens is 787 g/mol. The van der Waals surface area contributed by atoms with Crippen LogP contribution in [0.25, 0.3) is 21.6 Å². The second-order valence-electron chi connectivity index (χ2n) is 15.7. The molecule has 0 bridgehead atoms. The summed E-state index contributed by atoms with van der Waals surface area (Å²) in [6.45, 7) is 16.3. The van der Waals surface area contributed by atoms with Crippen LogP contribution in [0.5, 0.6) is 0 Å². The molecule has 5 heterocycles. The maximum absolute atomic E-state index is 13.2. The average molecular weight is 832 g/mol. The molecule has 4 unspecified atom stereocenters. The molecule has 3 aromatic heterocycles. The van der Waals surface area contributed by atoms with Gasteiger partial charge in [0.1, 0.15) is 59.4 Å². The van der Waals surface area contributed by atoms with Crippen LogP contribution in [0.4, 0.5) is 14.7 Å². The standard InChI is InChI=1S/C39H45N9O8S2/c1-21(26-19-57-35(42-26)48(36(50)55-38(3,4)5)37(51)56-39(6,7)8)43-45-46(9)29-30(49)32(53-27-18-52-34(54-31(27)29)23-13-11-10-12-14-23)33-44-40-20-47(33)24-15-16-25-28(17-24)58-22(2)41-25/h10-17,19-20,27,29-32,34,49H,1,18H2,2-9H3/t27?,29?,30?,31-,32+,34?/m0/s1. The van der Waals surface area contributed by atoms with Crippen LogP contribution in [-0.2, 0) is 23.7 Å². The van der Waals surface area contributed by atoms with E-state index < -0.39 is 60.1 Å². The second-order valence-corrected chi connectivity index (χ2v) is 17.8. The molecule has 2 aliphatic heterocycles. The zero-order valence-electron chi connectivity index (χ0n) is 33.3. The molecule has 19 heteroatoms. The number of anilines is 1. The fourth-order valence-electron chi connectivity index (χ4n) is 6.43. The third-order valence-corrected chi connectivity index (χ3v) is 10.7. The van der Waals surface area contributed by atoms with Crippen molar-refractivity contribution in [2.24, 2.45) is 10.3 Å². The number of hydrogen-bond donors (Lipinski definition) is 1. The topological polar surface area (TPSA) is 188 Å². The molecule has 0 aliphatic carbocycles. The third-order valence-electron chi connectivity index (χ3n) is 8.90. The molecule has 0 radical (unpaired) electrons. The van der Waals surface area contributed by atoms with Crippen LogP contribution in [0.1, 0.15) is 76.0 Å². The van der Waals surface area contributed by atoms with Crippen LogP contribution in [-0.4, -0.2) is 96.2 Å². The normalized spacial score (nSPS) is 22.4. The van der Waals surface area contributed by atoms with Crippen LogP contribution < -0.4 is 4.90 Å². The van der Waals surface area contributed by atoms with Gasteiger partial charge in [-0.25, -0.2) is 19.6 Å². The van der Waals surface area contributed by atoms with Gasteiger partial charge < -0.3 is 28.8 Å². The van der Waals surface area contributed by atoms with E-state index in [2.05, 4.69) is 37.1 Å². The molecule has 2 fully saturated rings. The van der Waals surface area contributed by atoms with Crippen molar-refractivity contribution in [3.05, 3.63) is 88.9 Å². The van der Waals surface area contributed by atoms with Gasteiger partial charge in [-0.15, -0.1) is 38.0 Å². The molecule has 2 aromatic carbocycles. The van der Waals surface area contributed by atoms with Crippen LogP contribution in [0.15, 0.2) is 77.2 Å². The van der Waals surface area contributed by atoms with Crippen molar-refractivity contribution in [1.82, 2.24) is 29.7 Å². The molecule has 306 valence electrons. The van der Waals surface area contributed by atoms with Gasteiger partial charge in [0, 0.05) is 23.7 Å². The quantitative estimate of drug-likeness (QED) is 0.119. The van der Waals surface area contributed by atoms with E-state index in [0.29, 0.717) is 5.82 Å². The summed E-state index contributed by atoms with van der Waals surface area (Å²) in [5, 5.41) is 33.6.